The summed E-state index contributed by atoms with van der Waals surface area (Å²) >= 11 is 0. The Balaban J connectivity index is 1.44. The first-order chi connectivity index (χ1) is 24.3. The topological polar surface area (TPSA) is 201 Å². The van der Waals surface area contributed by atoms with E-state index in [1.165, 1.54) is 56.3 Å². The molecule has 0 spiro atoms. The van der Waals surface area contributed by atoms with Crippen molar-refractivity contribution in [2.45, 2.75) is 33.6 Å². The Labute approximate surface area is 292 Å². The summed E-state index contributed by atoms with van der Waals surface area (Å²) in [7, 11) is 0. The summed E-state index contributed by atoms with van der Waals surface area (Å²) < 4.78 is 21.9. The molecule has 2 amide bonds. The number of allylic oxidation sites excluding steroid dienone is 2. The minimum atomic E-state index is -1.11. The third-order valence-electron chi connectivity index (χ3n) is 7.37. The molecular formula is C36H36N4O11. The molecule has 1 atom stereocenters. The molecule has 0 saturated carbocycles. The smallest absolute Gasteiger partial charge is 0.338 e. The number of hydrogen-bond acceptors (Lipinski definition) is 12. The van der Waals surface area contributed by atoms with Crippen molar-refractivity contribution in [3.05, 3.63) is 117 Å². The van der Waals surface area contributed by atoms with Crippen molar-refractivity contribution in [3.63, 3.8) is 0 Å². The van der Waals surface area contributed by atoms with Crippen LogP contribution in [0.4, 0.5) is 17.1 Å². The third-order valence-corrected chi connectivity index (χ3v) is 7.37. The number of non-ortho nitro benzene ring substituents is 1. The fourth-order valence-corrected chi connectivity index (χ4v) is 5.22. The summed E-state index contributed by atoms with van der Waals surface area (Å²) in [5, 5.41) is 19.9. The van der Waals surface area contributed by atoms with E-state index in [2.05, 4.69) is 16.0 Å². The van der Waals surface area contributed by atoms with Crippen LogP contribution in [-0.2, 0) is 33.4 Å². The number of carbonyl (C=O) groups is 5. The maximum Gasteiger partial charge on any atom is 0.338 e. The van der Waals surface area contributed by atoms with Crippen LogP contribution >= 0.6 is 0 Å². The lowest BCUT2D eigenvalue weighted by atomic mass is 9.80. The normalized spacial score (nSPS) is 13.8. The highest BCUT2D eigenvalue weighted by Crippen LogP contribution is 2.40. The van der Waals surface area contributed by atoms with Crippen molar-refractivity contribution >= 4 is 46.8 Å². The monoisotopic (exact) mass is 700 g/mol. The Bertz CT molecular complexity index is 1880. The molecule has 1 aliphatic heterocycles. The molecule has 0 aliphatic carbocycles. The van der Waals surface area contributed by atoms with Crippen LogP contribution in [0.15, 0.2) is 95.3 Å². The van der Waals surface area contributed by atoms with Crippen molar-refractivity contribution < 1.29 is 47.8 Å². The van der Waals surface area contributed by atoms with Gasteiger partial charge in [0.2, 0.25) is 11.8 Å². The lowest BCUT2D eigenvalue weighted by molar-refractivity contribution is -0.384. The molecule has 0 radical (unpaired) electrons. The number of esters is 3. The second-order valence-electron chi connectivity index (χ2n) is 11.2. The van der Waals surface area contributed by atoms with Gasteiger partial charge < -0.3 is 34.9 Å². The Kier molecular flexibility index (Phi) is 12.6. The fourth-order valence-electron chi connectivity index (χ4n) is 5.22. The predicted molar refractivity (Wildman–Crippen MR) is 184 cm³/mol. The zero-order valence-electron chi connectivity index (χ0n) is 28.3. The van der Waals surface area contributed by atoms with Crippen LogP contribution in [0, 0.1) is 10.1 Å². The van der Waals surface area contributed by atoms with E-state index in [4.69, 9.17) is 18.9 Å². The van der Waals surface area contributed by atoms with Gasteiger partial charge in [-0.2, -0.15) is 0 Å². The molecule has 51 heavy (non-hydrogen) atoms. The first-order valence-electron chi connectivity index (χ1n) is 15.7. The zero-order chi connectivity index (χ0) is 37.1. The average Bonchev–Trinajstić information content (AvgIpc) is 3.08. The molecular weight excluding hydrogens is 664 g/mol. The van der Waals surface area contributed by atoms with Gasteiger partial charge in [0.1, 0.15) is 32.2 Å². The highest BCUT2D eigenvalue weighted by Gasteiger charge is 2.38. The Morgan fingerprint density at radius 2 is 1.20 bits per heavy atom. The first kappa shape index (κ1) is 37.3. The van der Waals surface area contributed by atoms with E-state index in [1.54, 1.807) is 44.2 Å². The van der Waals surface area contributed by atoms with Crippen molar-refractivity contribution in [1.82, 2.24) is 5.32 Å². The van der Waals surface area contributed by atoms with Crippen molar-refractivity contribution in [2.75, 3.05) is 37.1 Å². The van der Waals surface area contributed by atoms with Crippen molar-refractivity contribution in [3.8, 4) is 5.75 Å². The van der Waals surface area contributed by atoms with Gasteiger partial charge in [0.15, 0.2) is 0 Å². The molecule has 0 saturated heterocycles. The first-order valence-corrected chi connectivity index (χ1v) is 15.7. The summed E-state index contributed by atoms with van der Waals surface area (Å²) in [5.41, 5.74) is 2.06. The molecule has 3 aromatic carbocycles. The maximum atomic E-state index is 13.6. The fraction of sp³-hybridized carbons (Fsp3) is 0.250. The largest absolute Gasteiger partial charge is 0.490 e. The standard InChI is InChI=1S/C36H36N4O11/c1-21-31(35(44)50-17-16-48-30-14-12-28(13-15-30)39-24(4)42)33(26-6-5-7-29(20-26)40(46)47)32(22(2)37-21)36(45)51-19-18-49-34(43)25-8-10-27(11-9-25)38-23(3)41/h5-15,20,33,37H,16-19H2,1-4H3,(H,38,41)(H,39,42)/t33-/m1/s1. The zero-order valence-corrected chi connectivity index (χ0v) is 28.3. The van der Waals surface area contributed by atoms with E-state index in [9.17, 15) is 34.1 Å². The van der Waals surface area contributed by atoms with E-state index >= 15 is 0 Å². The number of nitro groups is 1. The van der Waals surface area contributed by atoms with Crippen LogP contribution < -0.4 is 20.7 Å². The highest BCUT2D eigenvalue weighted by molar-refractivity contribution is 6.00. The van der Waals surface area contributed by atoms with E-state index in [0.29, 0.717) is 28.5 Å². The van der Waals surface area contributed by atoms with Crippen LogP contribution in [0.3, 0.4) is 0 Å². The number of benzene rings is 3. The van der Waals surface area contributed by atoms with Crippen LogP contribution in [0.25, 0.3) is 0 Å². The minimum absolute atomic E-state index is 0.00319. The van der Waals surface area contributed by atoms with Gasteiger partial charge in [-0.15, -0.1) is 0 Å². The molecule has 0 fully saturated rings. The Hall–Kier alpha value is -6.51. The summed E-state index contributed by atoms with van der Waals surface area (Å²) in [6, 6.07) is 18.2. The molecule has 1 heterocycles. The number of anilines is 2. The van der Waals surface area contributed by atoms with E-state index < -0.39 is 28.7 Å². The number of ether oxygens (including phenoxy) is 4. The van der Waals surface area contributed by atoms with Crippen LogP contribution in [0.1, 0.15) is 49.5 Å². The number of rotatable bonds is 14. The van der Waals surface area contributed by atoms with Gasteiger partial charge in [-0.25, -0.2) is 14.4 Å². The van der Waals surface area contributed by atoms with Gasteiger partial charge in [0.05, 0.1) is 27.6 Å². The minimum Gasteiger partial charge on any atom is -0.490 e. The number of nitro benzene ring substituents is 1. The maximum absolute atomic E-state index is 13.6. The van der Waals surface area contributed by atoms with Gasteiger partial charge in [0, 0.05) is 48.7 Å². The number of nitrogens with zero attached hydrogens (tertiary/aromatic N) is 1. The van der Waals surface area contributed by atoms with E-state index in [0.717, 1.165) is 0 Å². The number of amides is 2. The SMILES string of the molecule is CC(=O)Nc1ccc(OCCOC(=O)C2=C(C)NC(C)=C(C(=O)OCCOC(=O)c3ccc(NC(C)=O)cc3)[C@@H]2c2cccc([N+](=O)[O-])c2)cc1. The summed E-state index contributed by atoms with van der Waals surface area (Å²) in [6.07, 6.45) is 0. The number of dihydropyridines is 1. The van der Waals surface area contributed by atoms with Crippen molar-refractivity contribution in [2.24, 2.45) is 0 Å². The Morgan fingerprint density at radius 1 is 0.706 bits per heavy atom. The van der Waals surface area contributed by atoms with E-state index in [1.807, 2.05) is 0 Å². The third kappa shape index (κ3) is 10.2. The molecule has 0 bridgehead atoms. The lowest BCUT2D eigenvalue weighted by Gasteiger charge is -2.30. The van der Waals surface area contributed by atoms with Crippen molar-refractivity contribution in [1.29, 1.82) is 0 Å². The molecule has 266 valence electrons. The number of hydrogen-bond donors (Lipinski definition) is 3. The molecule has 15 nitrogen and oxygen atoms in total. The highest BCUT2D eigenvalue weighted by atomic mass is 16.6. The quantitative estimate of drug-likeness (QED) is 0.0685. The summed E-state index contributed by atoms with van der Waals surface area (Å²) in [6.45, 7) is 5.15. The molecule has 1 aliphatic rings. The molecule has 3 N–H and O–H groups in total. The van der Waals surface area contributed by atoms with Crippen LogP contribution in [0.5, 0.6) is 5.75 Å². The number of carbonyl (C=O) groups excluding carboxylic acids is 5. The number of nitrogens with one attached hydrogen (secondary N) is 3. The van der Waals surface area contributed by atoms with Gasteiger partial charge in [-0.05, 0) is 67.9 Å². The van der Waals surface area contributed by atoms with Gasteiger partial charge >= 0.3 is 17.9 Å². The molecule has 15 heteroatoms. The second-order valence-corrected chi connectivity index (χ2v) is 11.2. The molecule has 3 aromatic rings. The van der Waals surface area contributed by atoms with E-state index in [-0.39, 0.29) is 66.2 Å². The van der Waals surface area contributed by atoms with Gasteiger partial charge in [-0.3, -0.25) is 19.7 Å². The summed E-state index contributed by atoms with van der Waals surface area (Å²) in [5.74, 6) is -3.45. The van der Waals surface area contributed by atoms with Crippen LogP contribution in [0.2, 0.25) is 0 Å². The average molecular weight is 701 g/mol. The molecule has 4 rings (SSSR count). The van der Waals surface area contributed by atoms with Gasteiger partial charge in [-0.1, -0.05) is 12.1 Å². The van der Waals surface area contributed by atoms with Crippen LogP contribution in [-0.4, -0.2) is 61.1 Å². The van der Waals surface area contributed by atoms with Gasteiger partial charge in [0.25, 0.3) is 5.69 Å². The lowest BCUT2D eigenvalue weighted by Crippen LogP contribution is -2.33. The predicted octanol–water partition coefficient (Wildman–Crippen LogP) is 4.77. The molecule has 0 unspecified atom stereocenters. The second kappa shape index (κ2) is 17.2. The Morgan fingerprint density at radius 3 is 1.71 bits per heavy atom. The summed E-state index contributed by atoms with van der Waals surface area (Å²) in [4.78, 5) is 73.2. The molecule has 0 aromatic heterocycles.